The van der Waals surface area contributed by atoms with E-state index in [-0.39, 0.29) is 11.8 Å². The van der Waals surface area contributed by atoms with E-state index in [0.717, 1.165) is 11.3 Å². The number of benzene rings is 2. The minimum Gasteiger partial charge on any atom is -0.449 e. The molecule has 1 N–H and O–H groups in total. The summed E-state index contributed by atoms with van der Waals surface area (Å²) in [5.74, 6) is -0.526. The topological polar surface area (TPSA) is 55.4 Å². The highest BCUT2D eigenvalue weighted by molar-refractivity contribution is 7.98. The highest BCUT2D eigenvalue weighted by Crippen LogP contribution is 2.21. The first-order chi connectivity index (χ1) is 12.6. The zero-order chi connectivity index (χ0) is 18.9. The van der Waals surface area contributed by atoms with Crippen LogP contribution in [0.15, 0.2) is 59.5 Å². The fourth-order valence-corrected chi connectivity index (χ4v) is 3.27. The Hall–Kier alpha value is -2.27. The van der Waals surface area contributed by atoms with Crippen LogP contribution in [-0.4, -0.2) is 30.8 Å². The van der Waals surface area contributed by atoms with Gasteiger partial charge in [0.15, 0.2) is 6.10 Å². The van der Waals surface area contributed by atoms with Gasteiger partial charge in [-0.15, -0.1) is 11.8 Å². The number of hydrogen-bond acceptors (Lipinski definition) is 4. The molecule has 0 saturated carbocycles. The second kappa shape index (κ2) is 10.0. The number of rotatable bonds is 8. The zero-order valence-electron chi connectivity index (χ0n) is 15.4. The van der Waals surface area contributed by atoms with Crippen LogP contribution in [-0.2, 0) is 9.53 Å². The van der Waals surface area contributed by atoms with Gasteiger partial charge in [0, 0.05) is 17.4 Å². The van der Waals surface area contributed by atoms with Crippen molar-refractivity contribution >= 4 is 23.6 Å². The largest absolute Gasteiger partial charge is 0.449 e. The van der Waals surface area contributed by atoms with Crippen LogP contribution < -0.4 is 5.32 Å². The van der Waals surface area contributed by atoms with Crippen LogP contribution in [0.4, 0.5) is 0 Å². The number of thioether (sulfide) groups is 1. The molecule has 0 fully saturated rings. The number of esters is 1. The molecular weight excluding hydrogens is 346 g/mol. The number of carbonyl (C=O) groups is 2. The van der Waals surface area contributed by atoms with Crippen LogP contribution >= 0.6 is 11.8 Å². The number of carbonyl (C=O) groups excluding carboxylic acids is 2. The van der Waals surface area contributed by atoms with E-state index < -0.39 is 12.1 Å². The van der Waals surface area contributed by atoms with Gasteiger partial charge in [-0.25, -0.2) is 4.79 Å². The van der Waals surface area contributed by atoms with E-state index in [1.807, 2.05) is 36.6 Å². The monoisotopic (exact) mass is 371 g/mol. The maximum absolute atomic E-state index is 12.3. The third-order valence-electron chi connectivity index (χ3n) is 4.27. The van der Waals surface area contributed by atoms with E-state index in [9.17, 15) is 9.59 Å². The molecule has 1 amide bonds. The first-order valence-electron chi connectivity index (χ1n) is 8.73. The lowest BCUT2D eigenvalue weighted by Gasteiger charge is -2.19. The molecule has 138 valence electrons. The molecule has 2 aromatic carbocycles. The SMILES string of the molecule is CC[C@H](CNC(=O)[C@H](C)OC(=O)c1ccccc1SC)c1ccccc1. The third kappa shape index (κ3) is 5.36. The molecule has 0 spiro atoms. The molecule has 5 heteroatoms. The molecule has 0 aromatic heterocycles. The normalized spacial score (nSPS) is 12.9. The van der Waals surface area contributed by atoms with E-state index in [0.29, 0.717) is 12.1 Å². The summed E-state index contributed by atoms with van der Waals surface area (Å²) in [5.41, 5.74) is 1.67. The van der Waals surface area contributed by atoms with Crippen LogP contribution in [0.1, 0.15) is 42.1 Å². The summed E-state index contributed by atoms with van der Waals surface area (Å²) in [7, 11) is 0. The van der Waals surface area contributed by atoms with Crippen molar-refractivity contribution in [2.75, 3.05) is 12.8 Å². The van der Waals surface area contributed by atoms with Crippen LogP contribution in [0.2, 0.25) is 0 Å². The Morgan fingerprint density at radius 2 is 1.73 bits per heavy atom. The van der Waals surface area contributed by atoms with Gasteiger partial charge in [0.2, 0.25) is 0 Å². The Morgan fingerprint density at radius 1 is 1.08 bits per heavy atom. The van der Waals surface area contributed by atoms with Crippen molar-refractivity contribution in [2.45, 2.75) is 37.2 Å². The summed E-state index contributed by atoms with van der Waals surface area (Å²) in [4.78, 5) is 25.5. The summed E-state index contributed by atoms with van der Waals surface area (Å²) < 4.78 is 5.35. The first-order valence-corrected chi connectivity index (χ1v) is 9.96. The van der Waals surface area contributed by atoms with Crippen molar-refractivity contribution in [3.05, 3.63) is 65.7 Å². The molecule has 0 aliphatic heterocycles. The van der Waals surface area contributed by atoms with Gasteiger partial charge in [0.1, 0.15) is 0 Å². The van der Waals surface area contributed by atoms with E-state index in [4.69, 9.17) is 4.74 Å². The molecular formula is C21H25NO3S. The van der Waals surface area contributed by atoms with Crippen LogP contribution in [0, 0.1) is 0 Å². The molecule has 26 heavy (non-hydrogen) atoms. The van der Waals surface area contributed by atoms with Crippen molar-refractivity contribution in [1.82, 2.24) is 5.32 Å². The van der Waals surface area contributed by atoms with E-state index >= 15 is 0 Å². The minimum absolute atomic E-state index is 0.236. The van der Waals surface area contributed by atoms with Gasteiger partial charge in [-0.1, -0.05) is 49.4 Å². The van der Waals surface area contributed by atoms with Crippen molar-refractivity contribution in [3.63, 3.8) is 0 Å². The molecule has 0 saturated heterocycles. The predicted molar refractivity (Wildman–Crippen MR) is 106 cm³/mol. The molecule has 2 rings (SSSR count). The van der Waals surface area contributed by atoms with Crippen LogP contribution in [0.25, 0.3) is 0 Å². The van der Waals surface area contributed by atoms with Gasteiger partial charge in [-0.2, -0.15) is 0 Å². The summed E-state index contributed by atoms with van der Waals surface area (Å²) >= 11 is 1.47. The molecule has 4 nitrogen and oxygen atoms in total. The average molecular weight is 372 g/mol. The average Bonchev–Trinajstić information content (AvgIpc) is 2.68. The molecule has 0 unspecified atom stereocenters. The standard InChI is InChI=1S/C21H25NO3S/c1-4-16(17-10-6-5-7-11-17)14-22-20(23)15(2)25-21(24)18-12-8-9-13-19(18)26-3/h5-13,15-16H,4,14H2,1-3H3,(H,22,23)/t15-,16+/m0/s1. The number of amides is 1. The summed E-state index contributed by atoms with van der Waals surface area (Å²) in [5, 5.41) is 2.90. The van der Waals surface area contributed by atoms with Gasteiger partial charge >= 0.3 is 5.97 Å². The van der Waals surface area contributed by atoms with Crippen molar-refractivity contribution in [1.29, 1.82) is 0 Å². The van der Waals surface area contributed by atoms with Gasteiger partial charge in [-0.05, 0) is 37.3 Å². The maximum Gasteiger partial charge on any atom is 0.340 e. The lowest BCUT2D eigenvalue weighted by Crippen LogP contribution is -2.38. The Labute approximate surface area is 159 Å². The Bertz CT molecular complexity index is 733. The molecule has 0 heterocycles. The molecule has 2 aromatic rings. The Morgan fingerprint density at radius 3 is 2.38 bits per heavy atom. The Balaban J connectivity index is 1.92. The van der Waals surface area contributed by atoms with E-state index in [1.54, 1.807) is 19.1 Å². The molecule has 0 aliphatic carbocycles. The van der Waals surface area contributed by atoms with E-state index in [1.165, 1.54) is 17.3 Å². The lowest BCUT2D eigenvalue weighted by molar-refractivity contribution is -0.129. The van der Waals surface area contributed by atoms with Gasteiger partial charge in [-0.3, -0.25) is 4.79 Å². The first kappa shape index (κ1) is 20.0. The number of hydrogen-bond donors (Lipinski definition) is 1. The van der Waals surface area contributed by atoms with Crippen LogP contribution in [0.3, 0.4) is 0 Å². The molecule has 2 atom stereocenters. The zero-order valence-corrected chi connectivity index (χ0v) is 16.2. The fraction of sp³-hybridized carbons (Fsp3) is 0.333. The van der Waals surface area contributed by atoms with Crippen LogP contribution in [0.5, 0.6) is 0 Å². The molecule has 0 aliphatic rings. The second-order valence-corrected chi connectivity index (χ2v) is 6.86. The van der Waals surface area contributed by atoms with Gasteiger partial charge in [0.25, 0.3) is 5.91 Å². The predicted octanol–water partition coefficient (Wildman–Crippen LogP) is 4.26. The minimum atomic E-state index is -0.842. The van der Waals surface area contributed by atoms with Gasteiger partial charge < -0.3 is 10.1 Å². The van der Waals surface area contributed by atoms with Gasteiger partial charge in [0.05, 0.1) is 5.56 Å². The summed E-state index contributed by atoms with van der Waals surface area (Å²) in [6, 6.07) is 17.3. The molecule has 0 bridgehead atoms. The highest BCUT2D eigenvalue weighted by Gasteiger charge is 2.21. The third-order valence-corrected chi connectivity index (χ3v) is 5.06. The second-order valence-electron chi connectivity index (χ2n) is 6.01. The van der Waals surface area contributed by atoms with Crippen molar-refractivity contribution < 1.29 is 14.3 Å². The summed E-state index contributed by atoms with van der Waals surface area (Å²) in [6.45, 7) is 4.20. The van der Waals surface area contributed by atoms with Crippen molar-refractivity contribution in [3.8, 4) is 0 Å². The highest BCUT2D eigenvalue weighted by atomic mass is 32.2. The summed E-state index contributed by atoms with van der Waals surface area (Å²) in [6.07, 6.45) is 1.97. The molecule has 0 radical (unpaired) electrons. The number of nitrogens with one attached hydrogen (secondary N) is 1. The smallest absolute Gasteiger partial charge is 0.340 e. The Kier molecular flexibility index (Phi) is 7.73. The fourth-order valence-electron chi connectivity index (χ4n) is 2.68. The van der Waals surface area contributed by atoms with Crippen molar-refractivity contribution in [2.24, 2.45) is 0 Å². The quantitative estimate of drug-likeness (QED) is 0.556. The maximum atomic E-state index is 12.3. The van der Waals surface area contributed by atoms with E-state index in [2.05, 4.69) is 24.4 Å². The lowest BCUT2D eigenvalue weighted by atomic mass is 9.96. The number of ether oxygens (including phenoxy) is 1.